The van der Waals surface area contributed by atoms with Gasteiger partial charge in [0.25, 0.3) is 0 Å². The van der Waals surface area contributed by atoms with Crippen LogP contribution in [0.5, 0.6) is 0 Å². The first-order valence-corrected chi connectivity index (χ1v) is 7.25. The van der Waals surface area contributed by atoms with E-state index in [1.54, 1.807) is 0 Å². The Morgan fingerprint density at radius 2 is 1.78 bits per heavy atom. The van der Waals surface area contributed by atoms with Crippen molar-refractivity contribution in [2.24, 2.45) is 0 Å². The summed E-state index contributed by atoms with van der Waals surface area (Å²) in [4.78, 5) is 0. The van der Waals surface area contributed by atoms with E-state index in [0.29, 0.717) is 4.47 Å². The van der Waals surface area contributed by atoms with Crippen LogP contribution in [-0.4, -0.2) is 6.04 Å². The van der Waals surface area contributed by atoms with E-state index in [0.717, 1.165) is 12.8 Å². The molecule has 1 aromatic rings. The van der Waals surface area contributed by atoms with E-state index in [9.17, 15) is 8.78 Å². The lowest BCUT2D eigenvalue weighted by atomic mass is 10.1. The Hall–Kier alpha value is -0.640. The van der Waals surface area contributed by atoms with Crippen LogP contribution in [0.3, 0.4) is 0 Å². The highest BCUT2D eigenvalue weighted by Gasteiger charge is 2.12. The molecule has 0 aliphatic rings. The van der Waals surface area contributed by atoms with Crippen molar-refractivity contribution in [1.82, 2.24) is 0 Å². The van der Waals surface area contributed by atoms with E-state index in [-0.39, 0.29) is 11.7 Å². The highest BCUT2D eigenvalue weighted by atomic mass is 79.9. The Balaban J connectivity index is 2.51. The molecular formula is C14H20BrF2N. The summed E-state index contributed by atoms with van der Waals surface area (Å²) in [5, 5.41) is 2.91. The molecule has 0 radical (unpaired) electrons. The minimum absolute atomic E-state index is 0.0267. The maximum Gasteiger partial charge on any atom is 0.150 e. The zero-order valence-electron chi connectivity index (χ0n) is 10.9. The van der Waals surface area contributed by atoms with Crippen molar-refractivity contribution in [1.29, 1.82) is 0 Å². The Labute approximate surface area is 116 Å². The molecule has 0 bridgehead atoms. The lowest BCUT2D eigenvalue weighted by molar-refractivity contribution is 0.564. The van der Waals surface area contributed by atoms with Gasteiger partial charge in [-0.25, -0.2) is 8.78 Å². The summed E-state index contributed by atoms with van der Waals surface area (Å²) in [6.07, 6.45) is 5.59. The van der Waals surface area contributed by atoms with Gasteiger partial charge < -0.3 is 5.32 Å². The zero-order chi connectivity index (χ0) is 13.5. The molecule has 0 heterocycles. The van der Waals surface area contributed by atoms with Crippen LogP contribution >= 0.6 is 15.9 Å². The predicted molar refractivity (Wildman–Crippen MR) is 75.9 cm³/mol. The largest absolute Gasteiger partial charge is 0.378 e. The molecule has 0 fully saturated rings. The number of hydrogen-bond acceptors (Lipinski definition) is 1. The molecule has 0 aromatic heterocycles. The van der Waals surface area contributed by atoms with E-state index in [1.165, 1.54) is 31.4 Å². The van der Waals surface area contributed by atoms with E-state index >= 15 is 0 Å². The van der Waals surface area contributed by atoms with Crippen LogP contribution in [0, 0.1) is 11.6 Å². The van der Waals surface area contributed by atoms with Gasteiger partial charge in [-0.1, -0.05) is 48.5 Å². The molecule has 4 heteroatoms. The lowest BCUT2D eigenvalue weighted by Crippen LogP contribution is -2.17. The van der Waals surface area contributed by atoms with Gasteiger partial charge in [0.2, 0.25) is 0 Å². The SMILES string of the molecule is CCCCCCC(C)Nc1c(F)cc(Br)cc1F. The summed E-state index contributed by atoms with van der Waals surface area (Å²) < 4.78 is 27.6. The lowest BCUT2D eigenvalue weighted by Gasteiger charge is -2.16. The van der Waals surface area contributed by atoms with Crippen LogP contribution < -0.4 is 5.32 Å². The first-order valence-electron chi connectivity index (χ1n) is 6.45. The highest BCUT2D eigenvalue weighted by molar-refractivity contribution is 9.10. The van der Waals surface area contributed by atoms with Gasteiger partial charge in [-0.3, -0.25) is 0 Å². The molecule has 0 amide bonds. The van der Waals surface area contributed by atoms with E-state index < -0.39 is 11.6 Å². The maximum atomic E-state index is 13.6. The number of hydrogen-bond donors (Lipinski definition) is 1. The number of benzene rings is 1. The standard InChI is InChI=1S/C14H20BrF2N/c1-3-4-5-6-7-10(2)18-14-12(16)8-11(15)9-13(14)17/h8-10,18H,3-7H2,1-2H3. The van der Waals surface area contributed by atoms with Crippen molar-refractivity contribution in [3.63, 3.8) is 0 Å². The number of unbranched alkanes of at least 4 members (excludes halogenated alkanes) is 3. The van der Waals surface area contributed by atoms with Crippen LogP contribution in [0.4, 0.5) is 14.5 Å². The molecule has 1 aromatic carbocycles. The quantitative estimate of drug-likeness (QED) is 0.654. The van der Waals surface area contributed by atoms with Crippen LogP contribution in [0.25, 0.3) is 0 Å². The summed E-state index contributed by atoms with van der Waals surface area (Å²) in [6.45, 7) is 4.11. The van der Waals surface area contributed by atoms with Gasteiger partial charge >= 0.3 is 0 Å². The molecule has 0 aliphatic carbocycles. The molecule has 1 rings (SSSR count). The normalized spacial score (nSPS) is 12.5. The minimum atomic E-state index is -0.553. The molecule has 0 saturated carbocycles. The first kappa shape index (κ1) is 15.4. The summed E-state index contributed by atoms with van der Waals surface area (Å²) in [7, 11) is 0. The molecule has 0 spiro atoms. The predicted octanol–water partition coefficient (Wildman–Crippen LogP) is 5.50. The topological polar surface area (TPSA) is 12.0 Å². The number of anilines is 1. The summed E-state index contributed by atoms with van der Waals surface area (Å²) in [5.41, 5.74) is -0.0267. The maximum absolute atomic E-state index is 13.6. The minimum Gasteiger partial charge on any atom is -0.378 e. The van der Waals surface area contributed by atoms with Gasteiger partial charge in [-0.05, 0) is 25.5 Å². The van der Waals surface area contributed by atoms with E-state index in [1.807, 2.05) is 6.92 Å². The number of halogens is 3. The Bertz CT molecular complexity index is 359. The molecule has 0 aliphatic heterocycles. The molecule has 102 valence electrons. The Morgan fingerprint density at radius 3 is 2.33 bits per heavy atom. The van der Waals surface area contributed by atoms with E-state index in [4.69, 9.17) is 0 Å². The van der Waals surface area contributed by atoms with Crippen LogP contribution in [-0.2, 0) is 0 Å². The highest BCUT2D eigenvalue weighted by Crippen LogP contribution is 2.25. The molecular weight excluding hydrogens is 300 g/mol. The van der Waals surface area contributed by atoms with Crippen molar-refractivity contribution in [3.05, 3.63) is 28.2 Å². The van der Waals surface area contributed by atoms with Crippen molar-refractivity contribution in [3.8, 4) is 0 Å². The fourth-order valence-corrected chi connectivity index (χ4v) is 2.28. The molecule has 0 saturated heterocycles. The Morgan fingerprint density at radius 1 is 1.17 bits per heavy atom. The molecule has 1 N–H and O–H groups in total. The third kappa shape index (κ3) is 4.92. The molecule has 18 heavy (non-hydrogen) atoms. The van der Waals surface area contributed by atoms with E-state index in [2.05, 4.69) is 28.2 Å². The van der Waals surface area contributed by atoms with Crippen molar-refractivity contribution < 1.29 is 8.78 Å². The summed E-state index contributed by atoms with van der Waals surface area (Å²) in [6, 6.07) is 2.62. The van der Waals surface area contributed by atoms with Crippen molar-refractivity contribution in [2.75, 3.05) is 5.32 Å². The van der Waals surface area contributed by atoms with Crippen LogP contribution in [0.2, 0.25) is 0 Å². The summed E-state index contributed by atoms with van der Waals surface area (Å²) >= 11 is 3.06. The van der Waals surface area contributed by atoms with Gasteiger partial charge in [0.05, 0.1) is 0 Å². The molecule has 1 nitrogen and oxygen atoms in total. The monoisotopic (exact) mass is 319 g/mol. The number of rotatable bonds is 7. The van der Waals surface area contributed by atoms with Crippen LogP contribution in [0.1, 0.15) is 46.0 Å². The summed E-state index contributed by atoms with van der Waals surface area (Å²) in [5.74, 6) is -1.11. The third-order valence-corrected chi connectivity index (χ3v) is 3.35. The average Bonchev–Trinajstić information content (AvgIpc) is 2.29. The zero-order valence-corrected chi connectivity index (χ0v) is 12.5. The first-order chi connectivity index (χ1) is 8.54. The second-order valence-electron chi connectivity index (χ2n) is 4.64. The number of nitrogens with one attached hydrogen (secondary N) is 1. The van der Waals surface area contributed by atoms with Gasteiger partial charge in [-0.15, -0.1) is 0 Å². The second-order valence-corrected chi connectivity index (χ2v) is 5.55. The second kappa shape index (κ2) is 7.72. The molecule has 1 unspecified atom stereocenters. The third-order valence-electron chi connectivity index (χ3n) is 2.89. The van der Waals surface area contributed by atoms with Gasteiger partial charge in [-0.2, -0.15) is 0 Å². The fourth-order valence-electron chi connectivity index (χ4n) is 1.88. The van der Waals surface area contributed by atoms with Crippen molar-refractivity contribution >= 4 is 21.6 Å². The van der Waals surface area contributed by atoms with Gasteiger partial charge in [0, 0.05) is 10.5 Å². The van der Waals surface area contributed by atoms with Gasteiger partial charge in [0.15, 0.2) is 0 Å². The smallest absolute Gasteiger partial charge is 0.150 e. The average molecular weight is 320 g/mol. The molecule has 1 atom stereocenters. The van der Waals surface area contributed by atoms with Crippen LogP contribution in [0.15, 0.2) is 16.6 Å². The Kier molecular flexibility index (Phi) is 6.61. The fraction of sp³-hybridized carbons (Fsp3) is 0.571. The van der Waals surface area contributed by atoms with Gasteiger partial charge in [0.1, 0.15) is 17.3 Å². The van der Waals surface area contributed by atoms with Crippen molar-refractivity contribution in [2.45, 2.75) is 52.0 Å².